The molecule has 0 bridgehead atoms. The lowest BCUT2D eigenvalue weighted by Gasteiger charge is -2.07. The Kier molecular flexibility index (Phi) is 7.34. The zero-order valence-electron chi connectivity index (χ0n) is 13.7. The summed E-state index contributed by atoms with van der Waals surface area (Å²) < 4.78 is 0.811. The summed E-state index contributed by atoms with van der Waals surface area (Å²) in [5.74, 6) is -0.170. The van der Waals surface area contributed by atoms with Gasteiger partial charge in [0.1, 0.15) is 0 Å². The Labute approximate surface area is 154 Å². The predicted molar refractivity (Wildman–Crippen MR) is 101 cm³/mol. The number of rotatable bonds is 8. The molecule has 2 aromatic heterocycles. The number of pyridine rings is 2. The third-order valence-electron chi connectivity index (χ3n) is 3.43. The molecule has 0 radical (unpaired) electrons. The van der Waals surface area contributed by atoms with Crippen molar-refractivity contribution < 1.29 is 9.59 Å². The molecule has 0 saturated heterocycles. The largest absolute Gasteiger partial charge is 0.397 e. The van der Waals surface area contributed by atoms with E-state index in [4.69, 9.17) is 5.73 Å². The van der Waals surface area contributed by atoms with Crippen LogP contribution in [-0.4, -0.2) is 21.8 Å². The lowest BCUT2D eigenvalue weighted by molar-refractivity contribution is -0.116. The Morgan fingerprint density at radius 1 is 1.00 bits per heavy atom. The van der Waals surface area contributed by atoms with Crippen molar-refractivity contribution in [1.82, 2.24) is 9.97 Å². The summed E-state index contributed by atoms with van der Waals surface area (Å²) in [5.41, 5.74) is 7.42. The molecular weight excluding hydrogens is 386 g/mol. The number of amides is 2. The predicted octanol–water partition coefficient (Wildman–Crippen LogP) is 3.35. The van der Waals surface area contributed by atoms with Gasteiger partial charge < -0.3 is 16.4 Å². The Morgan fingerprint density at radius 2 is 1.72 bits per heavy atom. The first kappa shape index (κ1) is 18.9. The summed E-state index contributed by atoms with van der Waals surface area (Å²) in [6.45, 7) is 0. The second kappa shape index (κ2) is 9.73. The molecule has 2 rings (SSSR count). The maximum absolute atomic E-state index is 11.8. The van der Waals surface area contributed by atoms with Crippen molar-refractivity contribution in [2.24, 2.45) is 0 Å². The van der Waals surface area contributed by atoms with E-state index in [1.165, 1.54) is 6.20 Å². The van der Waals surface area contributed by atoms with E-state index in [1.54, 1.807) is 30.7 Å². The average Bonchev–Trinajstić information content (AvgIpc) is 2.56. The lowest BCUT2D eigenvalue weighted by Crippen LogP contribution is -2.13. The van der Waals surface area contributed by atoms with E-state index in [2.05, 4.69) is 36.5 Å². The van der Waals surface area contributed by atoms with E-state index >= 15 is 0 Å². The second-order valence-corrected chi connectivity index (χ2v) is 6.43. The van der Waals surface area contributed by atoms with Gasteiger partial charge in [0, 0.05) is 29.7 Å². The number of unbranched alkanes of at least 4 members (excludes halogenated alkanes) is 2. The molecule has 132 valence electrons. The second-order valence-electron chi connectivity index (χ2n) is 5.51. The number of anilines is 3. The molecular formula is C17H20BrN5O2. The molecule has 0 aromatic carbocycles. The van der Waals surface area contributed by atoms with Gasteiger partial charge in [-0.3, -0.25) is 19.6 Å². The first-order valence-corrected chi connectivity index (χ1v) is 8.73. The van der Waals surface area contributed by atoms with Gasteiger partial charge in [-0.2, -0.15) is 0 Å². The summed E-state index contributed by atoms with van der Waals surface area (Å²) in [6, 6.07) is 3.42. The van der Waals surface area contributed by atoms with Gasteiger partial charge in [-0.05, 0) is 40.9 Å². The van der Waals surface area contributed by atoms with Crippen molar-refractivity contribution in [3.8, 4) is 0 Å². The molecule has 0 fully saturated rings. The highest BCUT2D eigenvalue weighted by Gasteiger charge is 2.06. The SMILES string of the molecule is Nc1ccncc1NC(=O)CCCCCC(=O)Nc1cncc(Br)c1. The van der Waals surface area contributed by atoms with Crippen LogP contribution in [0.2, 0.25) is 0 Å². The molecule has 0 spiro atoms. The summed E-state index contributed by atoms with van der Waals surface area (Å²) in [6.07, 6.45) is 9.34. The highest BCUT2D eigenvalue weighted by atomic mass is 79.9. The molecule has 2 heterocycles. The molecule has 2 aromatic rings. The summed E-state index contributed by atoms with van der Waals surface area (Å²) in [5, 5.41) is 5.52. The minimum atomic E-state index is -0.107. The van der Waals surface area contributed by atoms with Crippen molar-refractivity contribution in [3.05, 3.63) is 41.4 Å². The van der Waals surface area contributed by atoms with Crippen LogP contribution in [-0.2, 0) is 9.59 Å². The number of nitrogen functional groups attached to an aromatic ring is 1. The van der Waals surface area contributed by atoms with Crippen molar-refractivity contribution in [2.75, 3.05) is 16.4 Å². The van der Waals surface area contributed by atoms with E-state index in [9.17, 15) is 9.59 Å². The fraction of sp³-hybridized carbons (Fsp3) is 0.294. The van der Waals surface area contributed by atoms with Crippen LogP contribution in [0.15, 0.2) is 41.4 Å². The zero-order valence-corrected chi connectivity index (χ0v) is 15.3. The minimum absolute atomic E-state index is 0.0625. The van der Waals surface area contributed by atoms with E-state index in [0.717, 1.165) is 17.3 Å². The molecule has 0 atom stereocenters. The van der Waals surface area contributed by atoms with E-state index in [0.29, 0.717) is 36.3 Å². The number of nitrogens with two attached hydrogens (primary N) is 1. The van der Waals surface area contributed by atoms with Crippen LogP contribution >= 0.6 is 15.9 Å². The number of hydrogen-bond acceptors (Lipinski definition) is 5. The number of hydrogen-bond donors (Lipinski definition) is 3. The standard InChI is InChI=1S/C17H20BrN5O2/c18-12-8-13(10-21-9-12)22-16(24)4-2-1-3-5-17(25)23-15-11-20-7-6-14(15)19/h6-11H,1-5H2,(H2,19,20)(H,22,24)(H,23,25). The lowest BCUT2D eigenvalue weighted by atomic mass is 10.1. The van der Waals surface area contributed by atoms with Gasteiger partial charge in [0.2, 0.25) is 11.8 Å². The highest BCUT2D eigenvalue weighted by molar-refractivity contribution is 9.10. The molecule has 0 aliphatic heterocycles. The van der Waals surface area contributed by atoms with Gasteiger partial charge >= 0.3 is 0 Å². The number of carbonyl (C=O) groups excluding carboxylic acids is 2. The van der Waals surface area contributed by atoms with Gasteiger partial charge in [-0.1, -0.05) is 6.42 Å². The monoisotopic (exact) mass is 405 g/mol. The van der Waals surface area contributed by atoms with Crippen LogP contribution in [0.5, 0.6) is 0 Å². The van der Waals surface area contributed by atoms with Crippen LogP contribution in [0.25, 0.3) is 0 Å². The van der Waals surface area contributed by atoms with Crippen molar-refractivity contribution in [2.45, 2.75) is 32.1 Å². The van der Waals surface area contributed by atoms with Gasteiger partial charge in [0.25, 0.3) is 0 Å². The van der Waals surface area contributed by atoms with Crippen molar-refractivity contribution >= 4 is 44.8 Å². The van der Waals surface area contributed by atoms with Gasteiger partial charge in [0.15, 0.2) is 0 Å². The zero-order chi connectivity index (χ0) is 18.1. The fourth-order valence-corrected chi connectivity index (χ4v) is 2.54. The first-order valence-electron chi connectivity index (χ1n) is 7.94. The Hall–Kier alpha value is -2.48. The molecule has 0 aliphatic carbocycles. The molecule has 8 heteroatoms. The summed E-state index contributed by atoms with van der Waals surface area (Å²) in [7, 11) is 0. The third kappa shape index (κ3) is 6.88. The maximum Gasteiger partial charge on any atom is 0.224 e. The Morgan fingerprint density at radius 3 is 2.40 bits per heavy atom. The average molecular weight is 406 g/mol. The number of aromatic nitrogens is 2. The number of carbonyl (C=O) groups is 2. The summed E-state index contributed by atoms with van der Waals surface area (Å²) >= 11 is 3.30. The quantitative estimate of drug-likeness (QED) is 0.583. The smallest absolute Gasteiger partial charge is 0.224 e. The Bertz CT molecular complexity index is 738. The van der Waals surface area contributed by atoms with E-state index in [-0.39, 0.29) is 11.8 Å². The van der Waals surface area contributed by atoms with Gasteiger partial charge in [-0.25, -0.2) is 0 Å². The van der Waals surface area contributed by atoms with E-state index < -0.39 is 0 Å². The van der Waals surface area contributed by atoms with Crippen LogP contribution in [0.1, 0.15) is 32.1 Å². The van der Waals surface area contributed by atoms with E-state index in [1.807, 2.05) is 0 Å². The maximum atomic E-state index is 11.8. The summed E-state index contributed by atoms with van der Waals surface area (Å²) in [4.78, 5) is 31.6. The molecule has 0 saturated carbocycles. The fourth-order valence-electron chi connectivity index (χ4n) is 2.17. The minimum Gasteiger partial charge on any atom is -0.397 e. The van der Waals surface area contributed by atoms with Crippen molar-refractivity contribution in [3.63, 3.8) is 0 Å². The molecule has 25 heavy (non-hydrogen) atoms. The van der Waals surface area contributed by atoms with Crippen LogP contribution in [0, 0.1) is 0 Å². The first-order chi connectivity index (χ1) is 12.0. The topological polar surface area (TPSA) is 110 Å². The third-order valence-corrected chi connectivity index (χ3v) is 3.86. The normalized spacial score (nSPS) is 10.3. The molecule has 2 amide bonds. The van der Waals surface area contributed by atoms with Crippen molar-refractivity contribution in [1.29, 1.82) is 0 Å². The Balaban J connectivity index is 1.60. The van der Waals surface area contributed by atoms with Crippen LogP contribution in [0.3, 0.4) is 0 Å². The molecule has 7 nitrogen and oxygen atoms in total. The number of nitrogens with zero attached hydrogens (tertiary/aromatic N) is 2. The van der Waals surface area contributed by atoms with Crippen LogP contribution < -0.4 is 16.4 Å². The van der Waals surface area contributed by atoms with Gasteiger partial charge in [-0.15, -0.1) is 0 Å². The highest BCUT2D eigenvalue weighted by Crippen LogP contribution is 2.16. The van der Waals surface area contributed by atoms with Gasteiger partial charge in [0.05, 0.1) is 29.5 Å². The molecule has 4 N–H and O–H groups in total. The molecule has 0 unspecified atom stereocenters. The van der Waals surface area contributed by atoms with Crippen LogP contribution in [0.4, 0.5) is 17.1 Å². The number of halogens is 1. The number of nitrogens with one attached hydrogen (secondary N) is 2. The molecule has 0 aliphatic rings.